The lowest BCUT2D eigenvalue weighted by Crippen LogP contribution is -2.54. The van der Waals surface area contributed by atoms with E-state index in [1.165, 1.54) is 0 Å². The molecular formula is C12H12N6. The topological polar surface area (TPSA) is 81.1 Å². The molecule has 2 aromatic rings. The lowest BCUT2D eigenvalue weighted by molar-refractivity contribution is 0.246. The lowest BCUT2D eigenvalue weighted by atomic mass is 10.2. The molecule has 0 aromatic carbocycles. The molecule has 0 fully saturated rings. The number of pyridine rings is 1. The van der Waals surface area contributed by atoms with Crippen LogP contribution in [-0.4, -0.2) is 21.0 Å². The quantitative estimate of drug-likeness (QED) is 0.801. The zero-order chi connectivity index (χ0) is 12.4. The van der Waals surface area contributed by atoms with Crippen LogP contribution in [0, 0.1) is 0 Å². The van der Waals surface area contributed by atoms with Gasteiger partial charge in [0.1, 0.15) is 0 Å². The first-order valence-corrected chi connectivity index (χ1v) is 5.52. The van der Waals surface area contributed by atoms with Crippen molar-refractivity contribution in [1.82, 2.24) is 20.1 Å². The summed E-state index contributed by atoms with van der Waals surface area (Å²) < 4.78 is 1.56. The Morgan fingerprint density at radius 2 is 2.17 bits per heavy atom. The summed E-state index contributed by atoms with van der Waals surface area (Å²) >= 11 is 0. The van der Waals surface area contributed by atoms with Crippen LogP contribution in [0.15, 0.2) is 53.9 Å². The van der Waals surface area contributed by atoms with E-state index in [9.17, 15) is 0 Å². The first-order chi connectivity index (χ1) is 8.78. The number of aliphatic imine (C=N–C) groups is 1. The van der Waals surface area contributed by atoms with Crippen LogP contribution in [-0.2, 0) is 5.91 Å². The van der Waals surface area contributed by atoms with Gasteiger partial charge in [-0.3, -0.25) is 10.7 Å². The summed E-state index contributed by atoms with van der Waals surface area (Å²) in [7, 11) is 0. The van der Waals surface area contributed by atoms with Gasteiger partial charge in [-0.1, -0.05) is 6.07 Å². The molecule has 3 heterocycles. The van der Waals surface area contributed by atoms with Gasteiger partial charge in [-0.25, -0.2) is 9.67 Å². The second kappa shape index (κ2) is 4.08. The Labute approximate surface area is 104 Å². The van der Waals surface area contributed by atoms with Crippen molar-refractivity contribution in [2.75, 3.05) is 0 Å². The van der Waals surface area contributed by atoms with E-state index in [4.69, 9.17) is 5.73 Å². The molecule has 1 unspecified atom stereocenters. The molecule has 0 saturated heterocycles. The summed E-state index contributed by atoms with van der Waals surface area (Å²) in [4.78, 5) is 8.49. The van der Waals surface area contributed by atoms with E-state index in [2.05, 4.69) is 20.4 Å². The highest BCUT2D eigenvalue weighted by atomic mass is 15.5. The van der Waals surface area contributed by atoms with Crippen LogP contribution in [0.4, 0.5) is 0 Å². The summed E-state index contributed by atoms with van der Waals surface area (Å²) in [5.74, 6) is -1.11. The number of hydrogen-bond donors (Lipinski definition) is 2. The molecular weight excluding hydrogens is 228 g/mol. The van der Waals surface area contributed by atoms with Crippen LogP contribution in [0.1, 0.15) is 5.69 Å². The van der Waals surface area contributed by atoms with Gasteiger partial charge < -0.3 is 5.32 Å². The molecule has 1 aliphatic heterocycles. The number of rotatable bonds is 2. The Kier molecular flexibility index (Phi) is 2.42. The maximum atomic E-state index is 6.18. The average molecular weight is 240 g/mol. The monoisotopic (exact) mass is 240 g/mol. The first kappa shape index (κ1) is 10.7. The first-order valence-electron chi connectivity index (χ1n) is 5.52. The van der Waals surface area contributed by atoms with Crippen molar-refractivity contribution in [3.8, 4) is 0 Å². The fraction of sp³-hybridized carbons (Fsp3) is 0.0833. The molecule has 90 valence electrons. The normalized spacial score (nSPS) is 22.4. The minimum absolute atomic E-state index is 0.809. The molecule has 0 spiro atoms. The molecule has 2 aromatic heterocycles. The van der Waals surface area contributed by atoms with Crippen LogP contribution in [0.25, 0.3) is 5.70 Å². The SMILES string of the molecule is NC1(n2cccn2)N=CC=C(c2ccccn2)N1. The fourth-order valence-corrected chi connectivity index (χ4v) is 1.76. The summed E-state index contributed by atoms with van der Waals surface area (Å²) in [6.07, 6.45) is 8.63. The largest absolute Gasteiger partial charge is 0.328 e. The smallest absolute Gasteiger partial charge is 0.285 e. The second-order valence-electron chi connectivity index (χ2n) is 3.88. The molecule has 0 saturated carbocycles. The van der Waals surface area contributed by atoms with Crippen molar-refractivity contribution in [3.63, 3.8) is 0 Å². The number of nitrogens with one attached hydrogen (secondary N) is 1. The molecule has 0 aliphatic carbocycles. The molecule has 0 radical (unpaired) electrons. The summed E-state index contributed by atoms with van der Waals surface area (Å²) in [5.41, 5.74) is 7.80. The van der Waals surface area contributed by atoms with E-state index in [0.29, 0.717) is 0 Å². The molecule has 1 aliphatic rings. The van der Waals surface area contributed by atoms with E-state index in [-0.39, 0.29) is 0 Å². The van der Waals surface area contributed by atoms with Gasteiger partial charge in [0, 0.05) is 24.8 Å². The minimum atomic E-state index is -1.11. The Bertz CT molecular complexity index is 586. The second-order valence-corrected chi connectivity index (χ2v) is 3.88. The van der Waals surface area contributed by atoms with Crippen LogP contribution < -0.4 is 11.1 Å². The molecule has 18 heavy (non-hydrogen) atoms. The Morgan fingerprint density at radius 3 is 2.89 bits per heavy atom. The predicted octanol–water partition coefficient (Wildman–Crippen LogP) is 0.520. The van der Waals surface area contributed by atoms with Gasteiger partial charge in [0.25, 0.3) is 5.91 Å². The van der Waals surface area contributed by atoms with Crippen molar-refractivity contribution < 1.29 is 0 Å². The Balaban J connectivity index is 1.94. The van der Waals surface area contributed by atoms with Crippen LogP contribution in [0.5, 0.6) is 0 Å². The van der Waals surface area contributed by atoms with Gasteiger partial charge in [-0.15, -0.1) is 0 Å². The third-order valence-corrected chi connectivity index (χ3v) is 2.63. The molecule has 0 amide bonds. The highest BCUT2D eigenvalue weighted by Crippen LogP contribution is 2.17. The zero-order valence-electron chi connectivity index (χ0n) is 9.56. The van der Waals surface area contributed by atoms with Crippen molar-refractivity contribution in [2.45, 2.75) is 5.91 Å². The van der Waals surface area contributed by atoms with E-state index < -0.39 is 5.91 Å². The third kappa shape index (κ3) is 1.78. The van der Waals surface area contributed by atoms with Crippen molar-refractivity contribution in [1.29, 1.82) is 0 Å². The number of nitrogens with zero attached hydrogens (tertiary/aromatic N) is 4. The fourth-order valence-electron chi connectivity index (χ4n) is 1.76. The average Bonchev–Trinajstić information content (AvgIpc) is 2.95. The van der Waals surface area contributed by atoms with Gasteiger partial charge in [0.15, 0.2) is 0 Å². The highest BCUT2D eigenvalue weighted by Gasteiger charge is 2.29. The molecule has 6 nitrogen and oxygen atoms in total. The summed E-state index contributed by atoms with van der Waals surface area (Å²) in [6, 6.07) is 7.49. The van der Waals surface area contributed by atoms with Gasteiger partial charge in [0.2, 0.25) is 0 Å². The zero-order valence-corrected chi connectivity index (χ0v) is 9.56. The van der Waals surface area contributed by atoms with Crippen LogP contribution in [0.2, 0.25) is 0 Å². The van der Waals surface area contributed by atoms with Crippen molar-refractivity contribution >= 4 is 11.9 Å². The minimum Gasteiger partial charge on any atom is -0.328 e. The summed E-state index contributed by atoms with van der Waals surface area (Å²) in [6.45, 7) is 0. The van der Waals surface area contributed by atoms with Gasteiger partial charge in [0.05, 0.1) is 11.4 Å². The standard InChI is InChI=1S/C12H12N6/c13-12(18-9-3-7-16-18)15-8-5-11(17-12)10-4-1-2-6-14-10/h1-9,17H,13H2. The van der Waals surface area contributed by atoms with Gasteiger partial charge >= 0.3 is 0 Å². The number of allylic oxidation sites excluding steroid dienone is 1. The molecule has 1 atom stereocenters. The lowest BCUT2D eigenvalue weighted by Gasteiger charge is -2.30. The third-order valence-electron chi connectivity index (χ3n) is 2.63. The van der Waals surface area contributed by atoms with Crippen molar-refractivity contribution in [2.24, 2.45) is 10.7 Å². The maximum Gasteiger partial charge on any atom is 0.285 e. The Hall–Kier alpha value is -2.47. The summed E-state index contributed by atoms with van der Waals surface area (Å²) in [5, 5.41) is 7.24. The van der Waals surface area contributed by atoms with Gasteiger partial charge in [-0.05, 0) is 24.3 Å². The number of nitrogens with two attached hydrogens (primary N) is 1. The molecule has 0 bridgehead atoms. The molecule has 3 rings (SSSR count). The maximum absolute atomic E-state index is 6.18. The van der Waals surface area contributed by atoms with E-state index in [1.807, 2.05) is 24.3 Å². The predicted molar refractivity (Wildman–Crippen MR) is 68.2 cm³/mol. The van der Waals surface area contributed by atoms with E-state index in [1.54, 1.807) is 35.6 Å². The van der Waals surface area contributed by atoms with Crippen LogP contribution in [0.3, 0.4) is 0 Å². The number of hydrogen-bond acceptors (Lipinski definition) is 5. The highest BCUT2D eigenvalue weighted by molar-refractivity contribution is 5.84. The van der Waals surface area contributed by atoms with Crippen LogP contribution >= 0.6 is 0 Å². The number of aromatic nitrogens is 3. The molecule has 3 N–H and O–H groups in total. The van der Waals surface area contributed by atoms with Crippen molar-refractivity contribution in [3.05, 3.63) is 54.6 Å². The van der Waals surface area contributed by atoms with Gasteiger partial charge in [-0.2, -0.15) is 5.10 Å². The van der Waals surface area contributed by atoms with E-state index in [0.717, 1.165) is 11.4 Å². The van der Waals surface area contributed by atoms with E-state index >= 15 is 0 Å². The Morgan fingerprint density at radius 1 is 1.22 bits per heavy atom. The molecule has 6 heteroatoms.